The van der Waals surface area contributed by atoms with Crippen LogP contribution in [-0.2, 0) is 0 Å². The van der Waals surface area contributed by atoms with Crippen LogP contribution in [0.3, 0.4) is 0 Å². The number of para-hydroxylation sites is 1. The lowest BCUT2D eigenvalue weighted by atomic mass is 10.1. The lowest BCUT2D eigenvalue weighted by molar-refractivity contribution is 0.843. The molecule has 0 aliphatic carbocycles. The average molecular weight is 316 g/mol. The van der Waals surface area contributed by atoms with E-state index in [1.54, 1.807) is 10.9 Å². The molecule has 0 aliphatic rings. The summed E-state index contributed by atoms with van der Waals surface area (Å²) in [7, 11) is 0. The van der Waals surface area contributed by atoms with Crippen LogP contribution in [0, 0.1) is 13.8 Å². The van der Waals surface area contributed by atoms with Crippen molar-refractivity contribution in [3.63, 3.8) is 0 Å². The quantitative estimate of drug-likeness (QED) is 0.626. The molecule has 0 amide bonds. The second kappa shape index (κ2) is 5.73. The van der Waals surface area contributed by atoms with Crippen LogP contribution in [0.5, 0.6) is 0 Å². The third kappa shape index (κ3) is 2.48. The van der Waals surface area contributed by atoms with Gasteiger partial charge in [0.1, 0.15) is 0 Å². The molecule has 0 saturated carbocycles. The Labute approximate surface area is 139 Å². The van der Waals surface area contributed by atoms with E-state index in [2.05, 4.69) is 51.8 Å². The minimum absolute atomic E-state index is 0.647. The average Bonchev–Trinajstić information content (AvgIpc) is 3.03. The van der Waals surface area contributed by atoms with Crippen LogP contribution in [0.25, 0.3) is 16.7 Å². The van der Waals surface area contributed by atoms with Crippen molar-refractivity contribution in [1.82, 2.24) is 25.2 Å². The third-order valence-electron chi connectivity index (χ3n) is 3.92. The van der Waals surface area contributed by atoms with Crippen molar-refractivity contribution in [2.75, 3.05) is 5.32 Å². The van der Waals surface area contributed by atoms with Crippen molar-refractivity contribution < 1.29 is 0 Å². The van der Waals surface area contributed by atoms with Gasteiger partial charge in [0.2, 0.25) is 0 Å². The minimum Gasteiger partial charge on any atom is -0.338 e. The van der Waals surface area contributed by atoms with Crippen LogP contribution >= 0.6 is 0 Å². The van der Waals surface area contributed by atoms with Crippen molar-refractivity contribution in [2.45, 2.75) is 13.8 Å². The van der Waals surface area contributed by atoms with Gasteiger partial charge in [0.15, 0.2) is 11.5 Å². The Morgan fingerprint density at radius 3 is 2.58 bits per heavy atom. The fourth-order valence-electron chi connectivity index (χ4n) is 2.70. The van der Waals surface area contributed by atoms with Gasteiger partial charge in [-0.05, 0) is 42.8 Å². The fourth-order valence-corrected chi connectivity index (χ4v) is 2.70. The number of aryl methyl sites for hydroxylation is 2. The molecule has 0 unspecified atom stereocenters. The number of nitrogens with zero attached hydrogens (tertiary/aromatic N) is 5. The molecule has 0 spiro atoms. The Kier molecular flexibility index (Phi) is 3.42. The Balaban J connectivity index is 1.79. The van der Waals surface area contributed by atoms with Crippen LogP contribution in [0.4, 0.5) is 11.5 Å². The Bertz CT molecular complexity index is 1010. The highest BCUT2D eigenvalue weighted by Gasteiger charge is 2.12. The van der Waals surface area contributed by atoms with Crippen LogP contribution < -0.4 is 5.32 Å². The highest BCUT2D eigenvalue weighted by atomic mass is 15.4. The maximum atomic E-state index is 4.44. The first-order valence-corrected chi connectivity index (χ1v) is 7.69. The molecule has 24 heavy (non-hydrogen) atoms. The lowest BCUT2D eigenvalue weighted by Crippen LogP contribution is -2.02. The van der Waals surface area contributed by atoms with Gasteiger partial charge < -0.3 is 5.32 Å². The van der Waals surface area contributed by atoms with E-state index in [4.69, 9.17) is 0 Å². The summed E-state index contributed by atoms with van der Waals surface area (Å²) in [6, 6.07) is 16.1. The first kappa shape index (κ1) is 14.3. The van der Waals surface area contributed by atoms with Crippen molar-refractivity contribution in [2.24, 2.45) is 0 Å². The van der Waals surface area contributed by atoms with E-state index in [9.17, 15) is 0 Å². The Hall–Kier alpha value is -3.28. The molecule has 0 atom stereocenters. The molecule has 2 aromatic heterocycles. The normalized spacial score (nSPS) is 10.9. The summed E-state index contributed by atoms with van der Waals surface area (Å²) in [6.45, 7) is 4.14. The highest BCUT2D eigenvalue weighted by Crippen LogP contribution is 2.25. The number of aromatic nitrogens is 5. The van der Waals surface area contributed by atoms with Crippen LogP contribution in [-0.4, -0.2) is 25.2 Å². The summed E-state index contributed by atoms with van der Waals surface area (Å²) in [5.41, 5.74) is 4.97. The van der Waals surface area contributed by atoms with E-state index < -0.39 is 0 Å². The smallest absolute Gasteiger partial charge is 0.190 e. The van der Waals surface area contributed by atoms with E-state index in [-0.39, 0.29) is 0 Å². The van der Waals surface area contributed by atoms with Crippen LogP contribution in [0.1, 0.15) is 11.1 Å². The molecular weight excluding hydrogens is 300 g/mol. The van der Waals surface area contributed by atoms with Crippen molar-refractivity contribution in [3.8, 4) is 5.69 Å². The van der Waals surface area contributed by atoms with Gasteiger partial charge in [-0.1, -0.05) is 35.9 Å². The summed E-state index contributed by atoms with van der Waals surface area (Å²) >= 11 is 0. The first-order valence-electron chi connectivity index (χ1n) is 7.69. The highest BCUT2D eigenvalue weighted by molar-refractivity contribution is 5.88. The van der Waals surface area contributed by atoms with Crippen molar-refractivity contribution >= 4 is 22.5 Å². The predicted molar refractivity (Wildman–Crippen MR) is 93.7 cm³/mol. The zero-order valence-electron chi connectivity index (χ0n) is 13.4. The minimum atomic E-state index is 0.647. The number of anilines is 2. The van der Waals surface area contributed by atoms with Crippen molar-refractivity contribution in [1.29, 1.82) is 0 Å². The molecule has 0 bridgehead atoms. The molecule has 6 heteroatoms. The molecule has 2 heterocycles. The molecule has 2 aromatic carbocycles. The molecule has 4 rings (SSSR count). The Morgan fingerprint density at radius 2 is 1.79 bits per heavy atom. The van der Waals surface area contributed by atoms with Gasteiger partial charge in [-0.3, -0.25) is 0 Å². The van der Waals surface area contributed by atoms with E-state index >= 15 is 0 Å². The first-order chi connectivity index (χ1) is 11.7. The van der Waals surface area contributed by atoms with Gasteiger partial charge in [-0.25, -0.2) is 4.68 Å². The van der Waals surface area contributed by atoms with E-state index in [0.29, 0.717) is 11.5 Å². The number of nitrogens with one attached hydrogen (secondary N) is 1. The topological polar surface area (TPSA) is 68.5 Å². The standard InChI is InChI=1S/C18H16N6/c1-12-8-9-16(13(2)10-12)20-17-15-11-19-24(18(15)22-23-21-17)14-6-4-3-5-7-14/h3-11H,1-2H3,(H,20,21,22). The van der Waals surface area contributed by atoms with Crippen LogP contribution in [0.2, 0.25) is 0 Å². The number of fused-ring (bicyclic) bond motifs is 1. The van der Waals surface area contributed by atoms with Gasteiger partial charge in [0.05, 0.1) is 17.3 Å². The van der Waals surface area contributed by atoms with Gasteiger partial charge in [0.25, 0.3) is 0 Å². The van der Waals surface area contributed by atoms with Gasteiger partial charge in [-0.15, -0.1) is 10.2 Å². The summed E-state index contributed by atoms with van der Waals surface area (Å²) in [6.07, 6.45) is 1.76. The molecular formula is C18H16N6. The van der Waals surface area contributed by atoms with E-state index in [0.717, 1.165) is 22.3 Å². The molecule has 0 radical (unpaired) electrons. The largest absolute Gasteiger partial charge is 0.338 e. The van der Waals surface area contributed by atoms with Gasteiger partial charge in [0, 0.05) is 5.69 Å². The van der Waals surface area contributed by atoms with E-state index in [1.807, 2.05) is 36.4 Å². The SMILES string of the molecule is Cc1ccc(Nc2nnnc3c2cnn3-c2ccccc2)c(C)c1. The number of benzene rings is 2. The number of hydrogen-bond donors (Lipinski definition) is 1. The monoisotopic (exact) mass is 316 g/mol. The number of rotatable bonds is 3. The second-order valence-corrected chi connectivity index (χ2v) is 5.71. The zero-order valence-corrected chi connectivity index (χ0v) is 13.4. The zero-order chi connectivity index (χ0) is 16.5. The van der Waals surface area contributed by atoms with Gasteiger partial charge >= 0.3 is 0 Å². The summed E-state index contributed by atoms with van der Waals surface area (Å²) in [5, 5.41) is 20.8. The molecule has 0 saturated heterocycles. The predicted octanol–water partition coefficient (Wildman–Crippen LogP) is 3.57. The molecule has 6 nitrogen and oxygen atoms in total. The molecule has 4 aromatic rings. The van der Waals surface area contributed by atoms with E-state index in [1.165, 1.54) is 5.56 Å². The molecule has 1 N–H and O–H groups in total. The van der Waals surface area contributed by atoms with Gasteiger partial charge in [-0.2, -0.15) is 5.10 Å². The maximum Gasteiger partial charge on any atom is 0.190 e. The lowest BCUT2D eigenvalue weighted by Gasteiger charge is -2.09. The van der Waals surface area contributed by atoms with Crippen LogP contribution in [0.15, 0.2) is 54.7 Å². The molecule has 118 valence electrons. The molecule has 0 fully saturated rings. The summed E-state index contributed by atoms with van der Waals surface area (Å²) in [4.78, 5) is 0. The number of hydrogen-bond acceptors (Lipinski definition) is 5. The summed E-state index contributed by atoms with van der Waals surface area (Å²) in [5.74, 6) is 0.647. The second-order valence-electron chi connectivity index (χ2n) is 5.71. The molecule has 0 aliphatic heterocycles. The third-order valence-corrected chi connectivity index (χ3v) is 3.92. The van der Waals surface area contributed by atoms with Crippen molar-refractivity contribution in [3.05, 3.63) is 65.9 Å². The maximum absolute atomic E-state index is 4.44. The fraction of sp³-hybridized carbons (Fsp3) is 0.111. The summed E-state index contributed by atoms with van der Waals surface area (Å²) < 4.78 is 1.76. The Morgan fingerprint density at radius 1 is 0.958 bits per heavy atom.